The van der Waals surface area contributed by atoms with Gasteiger partial charge >= 0.3 is 18.2 Å². The summed E-state index contributed by atoms with van der Waals surface area (Å²) < 4.78 is 52.4. The summed E-state index contributed by atoms with van der Waals surface area (Å²) in [6.45, 7) is 2.09. The molecular weight excluding hydrogens is 381 g/mol. The molecule has 1 heterocycles. The van der Waals surface area contributed by atoms with Crippen molar-refractivity contribution < 1.29 is 37.0 Å². The Kier molecular flexibility index (Phi) is 6.76. The van der Waals surface area contributed by atoms with Crippen LogP contribution >= 0.6 is 0 Å². The summed E-state index contributed by atoms with van der Waals surface area (Å²) in [5.41, 5.74) is 0.396. The van der Waals surface area contributed by atoms with Crippen molar-refractivity contribution in [1.82, 2.24) is 10.6 Å². The van der Waals surface area contributed by atoms with E-state index < -0.39 is 30.8 Å². The summed E-state index contributed by atoms with van der Waals surface area (Å²) in [5, 5.41) is 4.89. The Balaban J connectivity index is 2.36. The lowest BCUT2D eigenvalue weighted by Gasteiger charge is -2.28. The van der Waals surface area contributed by atoms with E-state index in [0.29, 0.717) is 23.7 Å². The predicted molar refractivity (Wildman–Crippen MR) is 92.9 cm³/mol. The topological polar surface area (TPSA) is 85.9 Å². The highest BCUT2D eigenvalue weighted by Gasteiger charge is 2.36. The van der Waals surface area contributed by atoms with E-state index in [4.69, 9.17) is 9.47 Å². The highest BCUT2D eigenvalue weighted by Crippen LogP contribution is 2.34. The zero-order valence-electron chi connectivity index (χ0n) is 15.6. The van der Waals surface area contributed by atoms with Crippen LogP contribution in [0.5, 0.6) is 11.5 Å². The highest BCUT2D eigenvalue weighted by molar-refractivity contribution is 5.95. The molecule has 0 aromatic heterocycles. The molecule has 154 valence electrons. The number of urea groups is 1. The van der Waals surface area contributed by atoms with Crippen LogP contribution in [0, 0.1) is 0 Å². The summed E-state index contributed by atoms with van der Waals surface area (Å²) in [7, 11) is 1.43. The molecular formula is C18H21F3N2O5. The first-order valence-electron chi connectivity index (χ1n) is 8.49. The van der Waals surface area contributed by atoms with E-state index in [1.165, 1.54) is 14.0 Å². The van der Waals surface area contributed by atoms with Crippen LogP contribution in [0.4, 0.5) is 18.0 Å². The standard InChI is InChI=1S/C18H21F3N2O5/c1-4-7-27-12-6-5-11(8-13(12)26-3)15-14(10(2)22-17(25)23-15)16(24)28-9-18(19,20)21/h5-6,8,15H,4,7,9H2,1-3H3,(H2,22,23,25)/t15-/m0/s1. The number of carbonyl (C=O) groups is 2. The number of hydrogen-bond donors (Lipinski definition) is 2. The molecule has 1 aromatic rings. The largest absolute Gasteiger partial charge is 0.493 e. The maximum atomic E-state index is 12.4. The molecule has 7 nitrogen and oxygen atoms in total. The number of rotatable bonds is 7. The number of allylic oxidation sites excluding steroid dienone is 1. The van der Waals surface area contributed by atoms with Crippen LogP contribution in [0.15, 0.2) is 29.5 Å². The van der Waals surface area contributed by atoms with E-state index >= 15 is 0 Å². The summed E-state index contributed by atoms with van der Waals surface area (Å²) in [6.07, 6.45) is -3.88. The Hall–Kier alpha value is -2.91. The molecule has 10 heteroatoms. The van der Waals surface area contributed by atoms with Gasteiger partial charge < -0.3 is 24.8 Å². The van der Waals surface area contributed by atoms with Gasteiger partial charge in [-0.2, -0.15) is 13.2 Å². The Morgan fingerprint density at radius 1 is 1.25 bits per heavy atom. The van der Waals surface area contributed by atoms with Crippen LogP contribution in [0.25, 0.3) is 0 Å². The van der Waals surface area contributed by atoms with Gasteiger partial charge in [-0.15, -0.1) is 0 Å². The molecule has 0 aliphatic carbocycles. The Labute approximate surface area is 159 Å². The van der Waals surface area contributed by atoms with Crippen LogP contribution in [-0.2, 0) is 9.53 Å². The molecule has 1 aliphatic heterocycles. The van der Waals surface area contributed by atoms with Crippen LogP contribution in [0.1, 0.15) is 31.9 Å². The third-order valence-electron chi connectivity index (χ3n) is 3.84. The number of amides is 2. The van der Waals surface area contributed by atoms with Gasteiger partial charge in [-0.05, 0) is 31.0 Å². The average molecular weight is 402 g/mol. The minimum atomic E-state index is -4.66. The Bertz CT molecular complexity index is 777. The number of hydrogen-bond acceptors (Lipinski definition) is 5. The number of nitrogens with one attached hydrogen (secondary N) is 2. The molecule has 0 bridgehead atoms. The van der Waals surface area contributed by atoms with E-state index in [-0.39, 0.29) is 11.3 Å². The zero-order chi connectivity index (χ0) is 20.9. The summed E-state index contributed by atoms with van der Waals surface area (Å²) in [5.74, 6) is -0.354. The van der Waals surface area contributed by atoms with Gasteiger partial charge in [0.2, 0.25) is 0 Å². The van der Waals surface area contributed by atoms with Gasteiger partial charge in [0.15, 0.2) is 18.1 Å². The maximum absolute atomic E-state index is 12.4. The molecule has 0 saturated heterocycles. The molecule has 0 saturated carbocycles. The first-order valence-corrected chi connectivity index (χ1v) is 8.49. The monoisotopic (exact) mass is 402 g/mol. The lowest BCUT2D eigenvalue weighted by molar-refractivity contribution is -0.183. The van der Waals surface area contributed by atoms with Gasteiger partial charge in [-0.1, -0.05) is 13.0 Å². The molecule has 2 amide bonds. The number of benzene rings is 1. The fraction of sp³-hybridized carbons (Fsp3) is 0.444. The summed E-state index contributed by atoms with van der Waals surface area (Å²) >= 11 is 0. The molecule has 2 N–H and O–H groups in total. The smallest absolute Gasteiger partial charge is 0.422 e. The molecule has 1 aliphatic rings. The molecule has 2 rings (SSSR count). The quantitative estimate of drug-likeness (QED) is 0.684. The van der Waals surface area contributed by atoms with E-state index in [1.807, 2.05) is 6.92 Å². The number of esters is 1. The third kappa shape index (κ3) is 5.30. The lowest BCUT2D eigenvalue weighted by atomic mass is 9.95. The lowest BCUT2D eigenvalue weighted by Crippen LogP contribution is -2.45. The van der Waals surface area contributed by atoms with Crippen LogP contribution in [0.3, 0.4) is 0 Å². The van der Waals surface area contributed by atoms with Crippen molar-refractivity contribution in [3.05, 3.63) is 35.0 Å². The fourth-order valence-electron chi connectivity index (χ4n) is 2.63. The Morgan fingerprint density at radius 3 is 2.57 bits per heavy atom. The first-order chi connectivity index (χ1) is 13.2. The van der Waals surface area contributed by atoms with Gasteiger partial charge in [0, 0.05) is 5.70 Å². The van der Waals surface area contributed by atoms with Crippen LogP contribution < -0.4 is 20.1 Å². The van der Waals surface area contributed by atoms with Crippen molar-refractivity contribution in [2.75, 3.05) is 20.3 Å². The van der Waals surface area contributed by atoms with Crippen molar-refractivity contribution in [3.8, 4) is 11.5 Å². The second-order valence-electron chi connectivity index (χ2n) is 6.02. The average Bonchev–Trinajstić information content (AvgIpc) is 2.63. The van der Waals surface area contributed by atoms with Gasteiger partial charge in [0.25, 0.3) is 0 Å². The van der Waals surface area contributed by atoms with Gasteiger partial charge in [-0.25, -0.2) is 9.59 Å². The number of alkyl halides is 3. The second kappa shape index (κ2) is 8.85. The maximum Gasteiger partial charge on any atom is 0.422 e. The summed E-state index contributed by atoms with van der Waals surface area (Å²) in [6, 6.07) is 3.13. The minimum Gasteiger partial charge on any atom is -0.493 e. The third-order valence-corrected chi connectivity index (χ3v) is 3.84. The predicted octanol–water partition coefficient (Wildman–Crippen LogP) is 3.22. The summed E-state index contributed by atoms with van der Waals surface area (Å²) in [4.78, 5) is 24.1. The molecule has 0 fully saturated rings. The molecule has 28 heavy (non-hydrogen) atoms. The minimum absolute atomic E-state index is 0.103. The van der Waals surface area contributed by atoms with E-state index in [9.17, 15) is 22.8 Å². The van der Waals surface area contributed by atoms with Crippen LogP contribution in [0.2, 0.25) is 0 Å². The van der Waals surface area contributed by atoms with Crippen LogP contribution in [-0.4, -0.2) is 38.5 Å². The van der Waals surface area contributed by atoms with Gasteiger partial charge in [0.1, 0.15) is 0 Å². The van der Waals surface area contributed by atoms with Crippen molar-refractivity contribution in [3.63, 3.8) is 0 Å². The SMILES string of the molecule is CCCOc1ccc([C@@H]2NC(=O)NC(C)=C2C(=O)OCC(F)(F)F)cc1OC. The molecule has 0 unspecified atom stereocenters. The van der Waals surface area contributed by atoms with E-state index in [0.717, 1.165) is 6.42 Å². The fourth-order valence-corrected chi connectivity index (χ4v) is 2.63. The molecule has 0 spiro atoms. The van der Waals surface area contributed by atoms with E-state index in [1.54, 1.807) is 18.2 Å². The number of halogens is 3. The van der Waals surface area contributed by atoms with E-state index in [2.05, 4.69) is 15.4 Å². The van der Waals surface area contributed by atoms with Crippen molar-refractivity contribution in [1.29, 1.82) is 0 Å². The van der Waals surface area contributed by atoms with Gasteiger partial charge in [-0.3, -0.25) is 0 Å². The number of methoxy groups -OCH3 is 1. The molecule has 0 radical (unpaired) electrons. The first kappa shape index (κ1) is 21.4. The molecule has 1 aromatic carbocycles. The van der Waals surface area contributed by atoms with Crippen molar-refractivity contribution in [2.24, 2.45) is 0 Å². The second-order valence-corrected chi connectivity index (χ2v) is 6.02. The molecule has 1 atom stereocenters. The normalized spacial score (nSPS) is 16.9. The highest BCUT2D eigenvalue weighted by atomic mass is 19.4. The number of ether oxygens (including phenoxy) is 3. The zero-order valence-corrected chi connectivity index (χ0v) is 15.6. The van der Waals surface area contributed by atoms with Crippen molar-refractivity contribution in [2.45, 2.75) is 32.5 Å². The van der Waals surface area contributed by atoms with Crippen molar-refractivity contribution >= 4 is 12.0 Å². The van der Waals surface area contributed by atoms with Gasteiger partial charge in [0.05, 0.1) is 25.3 Å². The number of carbonyl (C=O) groups excluding carboxylic acids is 2. The Morgan fingerprint density at radius 2 is 1.96 bits per heavy atom.